The van der Waals surface area contributed by atoms with Crippen molar-refractivity contribution < 1.29 is 4.79 Å². The maximum absolute atomic E-state index is 11.5. The normalized spacial score (nSPS) is 10.5. The first-order valence-electron chi connectivity index (χ1n) is 6.59. The Morgan fingerprint density at radius 2 is 1.53 bits per heavy atom. The number of hydrogen-bond acceptors (Lipinski definition) is 1. The first-order valence-corrected chi connectivity index (χ1v) is 6.59. The number of carbonyl (C=O) groups is 1. The van der Waals surface area contributed by atoms with E-state index < -0.39 is 0 Å². The van der Waals surface area contributed by atoms with Crippen LogP contribution in [0.25, 0.3) is 11.1 Å². The van der Waals surface area contributed by atoms with E-state index in [1.807, 2.05) is 32.0 Å². The van der Waals surface area contributed by atoms with E-state index in [1.165, 1.54) is 11.1 Å². The number of amides is 1. The van der Waals surface area contributed by atoms with Gasteiger partial charge in [-0.3, -0.25) is 4.79 Å². The van der Waals surface area contributed by atoms with E-state index in [1.54, 1.807) is 0 Å². The van der Waals surface area contributed by atoms with Crippen LogP contribution in [0.5, 0.6) is 0 Å². The van der Waals surface area contributed by atoms with Crippen molar-refractivity contribution >= 4 is 5.91 Å². The minimum absolute atomic E-state index is 0.0311. The molecule has 2 aromatic carbocycles. The standard InChI is InChI=1S/C17H19NO/c1-13(2)17(19)18-12-14-8-10-16(11-9-14)15-6-4-3-5-7-15/h3-11,13H,12H2,1-2H3,(H,18,19). The Labute approximate surface area is 114 Å². The largest absolute Gasteiger partial charge is 0.352 e. The lowest BCUT2D eigenvalue weighted by atomic mass is 10.0. The molecule has 0 heterocycles. The van der Waals surface area contributed by atoms with Gasteiger partial charge in [-0.05, 0) is 16.7 Å². The first-order chi connectivity index (χ1) is 9.16. The Kier molecular flexibility index (Phi) is 4.35. The van der Waals surface area contributed by atoms with Gasteiger partial charge in [-0.25, -0.2) is 0 Å². The van der Waals surface area contributed by atoms with Crippen LogP contribution in [0.4, 0.5) is 0 Å². The number of rotatable bonds is 4. The highest BCUT2D eigenvalue weighted by atomic mass is 16.1. The molecule has 2 nitrogen and oxygen atoms in total. The van der Waals surface area contributed by atoms with Crippen molar-refractivity contribution in [1.82, 2.24) is 5.32 Å². The van der Waals surface area contributed by atoms with Crippen LogP contribution in [0.15, 0.2) is 54.6 Å². The Balaban J connectivity index is 2.01. The monoisotopic (exact) mass is 253 g/mol. The summed E-state index contributed by atoms with van der Waals surface area (Å²) in [5.74, 6) is 0.121. The summed E-state index contributed by atoms with van der Waals surface area (Å²) in [6, 6.07) is 18.6. The third kappa shape index (κ3) is 3.68. The van der Waals surface area contributed by atoms with Gasteiger partial charge in [0.1, 0.15) is 0 Å². The molecule has 0 bridgehead atoms. The second-order valence-corrected chi connectivity index (χ2v) is 4.94. The van der Waals surface area contributed by atoms with Crippen LogP contribution in [0.1, 0.15) is 19.4 Å². The van der Waals surface area contributed by atoms with Gasteiger partial charge in [0.15, 0.2) is 0 Å². The van der Waals surface area contributed by atoms with Gasteiger partial charge < -0.3 is 5.32 Å². The lowest BCUT2D eigenvalue weighted by molar-refractivity contribution is -0.124. The van der Waals surface area contributed by atoms with Crippen molar-refractivity contribution in [3.8, 4) is 11.1 Å². The number of benzene rings is 2. The molecule has 1 N–H and O–H groups in total. The lowest BCUT2D eigenvalue weighted by Gasteiger charge is -2.08. The van der Waals surface area contributed by atoms with Crippen LogP contribution in [0, 0.1) is 5.92 Å². The summed E-state index contributed by atoms with van der Waals surface area (Å²) < 4.78 is 0. The highest BCUT2D eigenvalue weighted by molar-refractivity contribution is 5.77. The van der Waals surface area contributed by atoms with E-state index in [4.69, 9.17) is 0 Å². The molecular formula is C17H19NO. The molecule has 0 unspecified atom stereocenters. The van der Waals surface area contributed by atoms with E-state index in [-0.39, 0.29) is 11.8 Å². The average Bonchev–Trinajstić information content (AvgIpc) is 2.46. The quantitative estimate of drug-likeness (QED) is 0.885. The number of hydrogen-bond donors (Lipinski definition) is 1. The maximum Gasteiger partial charge on any atom is 0.222 e. The zero-order chi connectivity index (χ0) is 13.7. The summed E-state index contributed by atoms with van der Waals surface area (Å²) in [4.78, 5) is 11.5. The zero-order valence-corrected chi connectivity index (χ0v) is 11.4. The molecule has 19 heavy (non-hydrogen) atoms. The van der Waals surface area contributed by atoms with Gasteiger partial charge in [-0.15, -0.1) is 0 Å². The molecule has 1 amide bonds. The third-order valence-electron chi connectivity index (χ3n) is 3.05. The molecule has 98 valence electrons. The molecule has 0 aliphatic rings. The summed E-state index contributed by atoms with van der Waals surface area (Å²) in [5.41, 5.74) is 3.52. The van der Waals surface area contributed by atoms with E-state index in [0.717, 1.165) is 5.56 Å². The van der Waals surface area contributed by atoms with Gasteiger partial charge in [-0.1, -0.05) is 68.4 Å². The van der Waals surface area contributed by atoms with E-state index >= 15 is 0 Å². The van der Waals surface area contributed by atoms with Crippen molar-refractivity contribution in [3.05, 3.63) is 60.2 Å². The van der Waals surface area contributed by atoms with Crippen LogP contribution >= 0.6 is 0 Å². The molecule has 0 aliphatic carbocycles. The van der Waals surface area contributed by atoms with Crippen molar-refractivity contribution in [2.24, 2.45) is 5.92 Å². The van der Waals surface area contributed by atoms with Crippen molar-refractivity contribution in [3.63, 3.8) is 0 Å². The fourth-order valence-corrected chi connectivity index (χ4v) is 1.84. The summed E-state index contributed by atoms with van der Waals surface area (Å²) >= 11 is 0. The summed E-state index contributed by atoms with van der Waals surface area (Å²) in [6.45, 7) is 4.38. The third-order valence-corrected chi connectivity index (χ3v) is 3.05. The minimum atomic E-state index is 0.0311. The highest BCUT2D eigenvalue weighted by Gasteiger charge is 2.05. The molecule has 0 fully saturated rings. The predicted octanol–water partition coefficient (Wildman–Crippen LogP) is 3.63. The van der Waals surface area contributed by atoms with Gasteiger partial charge in [-0.2, -0.15) is 0 Å². The van der Waals surface area contributed by atoms with Crippen LogP contribution in [-0.2, 0) is 11.3 Å². The second kappa shape index (κ2) is 6.19. The van der Waals surface area contributed by atoms with Gasteiger partial charge in [0.05, 0.1) is 0 Å². The fraction of sp³-hybridized carbons (Fsp3) is 0.235. The fourth-order valence-electron chi connectivity index (χ4n) is 1.84. The number of carbonyl (C=O) groups excluding carboxylic acids is 1. The van der Waals surface area contributed by atoms with Crippen molar-refractivity contribution in [2.45, 2.75) is 20.4 Å². The average molecular weight is 253 g/mol. The van der Waals surface area contributed by atoms with Crippen LogP contribution in [0.2, 0.25) is 0 Å². The molecule has 2 rings (SSSR count). The minimum Gasteiger partial charge on any atom is -0.352 e. The van der Waals surface area contributed by atoms with E-state index in [0.29, 0.717) is 6.54 Å². The SMILES string of the molecule is CC(C)C(=O)NCc1ccc(-c2ccccc2)cc1. The van der Waals surface area contributed by atoms with E-state index in [9.17, 15) is 4.79 Å². The Morgan fingerprint density at radius 1 is 0.947 bits per heavy atom. The van der Waals surface area contributed by atoms with Crippen LogP contribution < -0.4 is 5.32 Å². The Morgan fingerprint density at radius 3 is 2.11 bits per heavy atom. The molecule has 0 radical (unpaired) electrons. The van der Waals surface area contributed by atoms with Gasteiger partial charge in [0.2, 0.25) is 5.91 Å². The molecule has 0 aromatic heterocycles. The van der Waals surface area contributed by atoms with Crippen molar-refractivity contribution in [2.75, 3.05) is 0 Å². The van der Waals surface area contributed by atoms with Crippen molar-refractivity contribution in [1.29, 1.82) is 0 Å². The molecule has 0 aliphatic heterocycles. The molecular weight excluding hydrogens is 234 g/mol. The predicted molar refractivity (Wildman–Crippen MR) is 78.6 cm³/mol. The Bertz CT molecular complexity index is 529. The van der Waals surface area contributed by atoms with E-state index in [2.05, 4.69) is 41.7 Å². The molecule has 2 aromatic rings. The molecule has 0 atom stereocenters. The smallest absolute Gasteiger partial charge is 0.222 e. The van der Waals surface area contributed by atoms with Gasteiger partial charge in [0.25, 0.3) is 0 Å². The summed E-state index contributed by atoms with van der Waals surface area (Å²) in [5, 5.41) is 2.92. The molecule has 0 saturated carbocycles. The second-order valence-electron chi connectivity index (χ2n) is 4.94. The highest BCUT2D eigenvalue weighted by Crippen LogP contribution is 2.19. The molecule has 0 saturated heterocycles. The maximum atomic E-state index is 11.5. The van der Waals surface area contributed by atoms with Gasteiger partial charge >= 0.3 is 0 Å². The topological polar surface area (TPSA) is 29.1 Å². The summed E-state index contributed by atoms with van der Waals surface area (Å²) in [6.07, 6.45) is 0. The zero-order valence-electron chi connectivity index (χ0n) is 11.4. The van der Waals surface area contributed by atoms with Crippen LogP contribution in [0.3, 0.4) is 0 Å². The Hall–Kier alpha value is -2.09. The van der Waals surface area contributed by atoms with Gasteiger partial charge in [0, 0.05) is 12.5 Å². The molecule has 2 heteroatoms. The lowest BCUT2D eigenvalue weighted by Crippen LogP contribution is -2.27. The first kappa shape index (κ1) is 13.3. The van der Waals surface area contributed by atoms with Crippen LogP contribution in [-0.4, -0.2) is 5.91 Å². The molecule has 0 spiro atoms. The summed E-state index contributed by atoms with van der Waals surface area (Å²) in [7, 11) is 0. The number of nitrogens with one attached hydrogen (secondary N) is 1.